The molecule has 0 unspecified atom stereocenters. The lowest BCUT2D eigenvalue weighted by Crippen LogP contribution is -2.33. The molecule has 0 spiro atoms. The van der Waals surface area contributed by atoms with Crippen molar-refractivity contribution in [2.45, 2.75) is 38.8 Å². The largest absolute Gasteiger partial charge is 0.465 e. The van der Waals surface area contributed by atoms with Crippen LogP contribution in [0.5, 0.6) is 0 Å². The standard InChI is InChI=1S/C14H22N2O3/c1-11-2-3-13(19-11)10-16-14(17)6-9-18-12-4-7-15-8-5-12/h2-3,12,15H,4-10H2,1H3,(H,16,17). The molecular weight excluding hydrogens is 244 g/mol. The summed E-state index contributed by atoms with van der Waals surface area (Å²) in [5.74, 6) is 1.65. The Bertz CT molecular complexity index is 397. The number of hydrogen-bond donors (Lipinski definition) is 2. The van der Waals surface area contributed by atoms with Gasteiger partial charge in [0.25, 0.3) is 0 Å². The molecule has 1 saturated heterocycles. The normalized spacial score (nSPS) is 16.5. The van der Waals surface area contributed by atoms with E-state index in [1.165, 1.54) is 0 Å². The van der Waals surface area contributed by atoms with Gasteiger partial charge in [0.05, 0.1) is 19.3 Å². The number of amides is 1. The number of nitrogens with one attached hydrogen (secondary N) is 2. The van der Waals surface area contributed by atoms with E-state index in [-0.39, 0.29) is 5.91 Å². The van der Waals surface area contributed by atoms with Gasteiger partial charge in [-0.05, 0) is 45.0 Å². The molecule has 1 fully saturated rings. The third kappa shape index (κ3) is 5.04. The van der Waals surface area contributed by atoms with Crippen LogP contribution in [-0.2, 0) is 16.1 Å². The predicted octanol–water partition coefficient (Wildman–Crippen LogP) is 1.36. The van der Waals surface area contributed by atoms with Crippen LogP contribution in [0.25, 0.3) is 0 Å². The van der Waals surface area contributed by atoms with Gasteiger partial charge in [-0.3, -0.25) is 4.79 Å². The summed E-state index contributed by atoms with van der Waals surface area (Å²) in [6, 6.07) is 3.77. The Labute approximate surface area is 113 Å². The first-order valence-electron chi connectivity index (χ1n) is 6.88. The fourth-order valence-corrected chi connectivity index (χ4v) is 2.13. The molecule has 1 aliphatic heterocycles. The van der Waals surface area contributed by atoms with Crippen LogP contribution in [0.15, 0.2) is 16.5 Å². The molecule has 1 amide bonds. The Balaban J connectivity index is 1.56. The molecule has 106 valence electrons. The lowest BCUT2D eigenvalue weighted by atomic mass is 10.1. The second-order valence-electron chi connectivity index (χ2n) is 4.86. The Kier molecular flexibility index (Phi) is 5.42. The summed E-state index contributed by atoms with van der Waals surface area (Å²) >= 11 is 0. The van der Waals surface area contributed by atoms with Crippen LogP contribution in [0.2, 0.25) is 0 Å². The van der Waals surface area contributed by atoms with Gasteiger partial charge < -0.3 is 19.8 Å². The minimum Gasteiger partial charge on any atom is -0.465 e. The second kappa shape index (κ2) is 7.31. The van der Waals surface area contributed by atoms with Gasteiger partial charge in [-0.1, -0.05) is 0 Å². The molecular formula is C14H22N2O3. The van der Waals surface area contributed by atoms with Crippen LogP contribution in [0.4, 0.5) is 0 Å². The molecule has 5 heteroatoms. The third-order valence-electron chi connectivity index (χ3n) is 3.22. The molecule has 0 aliphatic carbocycles. The maximum atomic E-state index is 11.6. The third-order valence-corrected chi connectivity index (χ3v) is 3.22. The van der Waals surface area contributed by atoms with Crippen molar-refractivity contribution in [3.8, 4) is 0 Å². The SMILES string of the molecule is Cc1ccc(CNC(=O)CCOC2CCNCC2)o1. The topological polar surface area (TPSA) is 63.5 Å². The molecule has 1 aromatic rings. The maximum Gasteiger partial charge on any atom is 0.222 e. The first-order valence-corrected chi connectivity index (χ1v) is 6.88. The first kappa shape index (κ1) is 14.1. The molecule has 0 radical (unpaired) electrons. The molecule has 1 aliphatic rings. The summed E-state index contributed by atoms with van der Waals surface area (Å²) < 4.78 is 11.1. The van der Waals surface area contributed by atoms with Crippen LogP contribution in [0, 0.1) is 6.92 Å². The van der Waals surface area contributed by atoms with Crippen LogP contribution in [0.1, 0.15) is 30.8 Å². The van der Waals surface area contributed by atoms with Gasteiger partial charge in [-0.25, -0.2) is 0 Å². The van der Waals surface area contributed by atoms with Crippen molar-refractivity contribution in [1.29, 1.82) is 0 Å². The number of aryl methyl sites for hydroxylation is 1. The zero-order valence-corrected chi connectivity index (χ0v) is 11.4. The van der Waals surface area contributed by atoms with Crippen LogP contribution in [0.3, 0.4) is 0 Å². The first-order chi connectivity index (χ1) is 9.24. The molecule has 5 nitrogen and oxygen atoms in total. The van der Waals surface area contributed by atoms with Gasteiger partial charge in [-0.2, -0.15) is 0 Å². The van der Waals surface area contributed by atoms with Crippen molar-refractivity contribution >= 4 is 5.91 Å². The molecule has 1 aromatic heterocycles. The highest BCUT2D eigenvalue weighted by atomic mass is 16.5. The smallest absolute Gasteiger partial charge is 0.222 e. The van der Waals surface area contributed by atoms with Gasteiger partial charge in [-0.15, -0.1) is 0 Å². The summed E-state index contributed by atoms with van der Waals surface area (Å²) in [6.07, 6.45) is 2.78. The average Bonchev–Trinajstić information content (AvgIpc) is 2.83. The van der Waals surface area contributed by atoms with E-state index < -0.39 is 0 Å². The number of piperidine rings is 1. The lowest BCUT2D eigenvalue weighted by Gasteiger charge is -2.22. The second-order valence-corrected chi connectivity index (χ2v) is 4.86. The van der Waals surface area contributed by atoms with E-state index in [4.69, 9.17) is 9.15 Å². The van der Waals surface area contributed by atoms with Crippen molar-refractivity contribution in [2.75, 3.05) is 19.7 Å². The summed E-state index contributed by atoms with van der Waals surface area (Å²) in [6.45, 7) is 4.84. The van der Waals surface area contributed by atoms with Crippen LogP contribution in [-0.4, -0.2) is 31.7 Å². The number of furan rings is 1. The molecule has 0 atom stereocenters. The van der Waals surface area contributed by atoms with Crippen molar-refractivity contribution in [1.82, 2.24) is 10.6 Å². The Morgan fingerprint density at radius 1 is 1.47 bits per heavy atom. The quantitative estimate of drug-likeness (QED) is 0.816. The zero-order valence-electron chi connectivity index (χ0n) is 11.4. The van der Waals surface area contributed by atoms with E-state index >= 15 is 0 Å². The number of hydrogen-bond acceptors (Lipinski definition) is 4. The van der Waals surface area contributed by atoms with Crippen molar-refractivity contribution in [3.05, 3.63) is 23.7 Å². The maximum absolute atomic E-state index is 11.6. The summed E-state index contributed by atoms with van der Waals surface area (Å²) in [7, 11) is 0. The highest BCUT2D eigenvalue weighted by Crippen LogP contribution is 2.08. The summed E-state index contributed by atoms with van der Waals surface area (Å²) in [5.41, 5.74) is 0. The highest BCUT2D eigenvalue weighted by Gasteiger charge is 2.13. The molecule has 2 rings (SSSR count). The molecule has 0 bridgehead atoms. The van der Waals surface area contributed by atoms with E-state index in [1.807, 2.05) is 19.1 Å². The van der Waals surface area contributed by atoms with E-state index in [1.54, 1.807) is 0 Å². The number of ether oxygens (including phenoxy) is 1. The van der Waals surface area contributed by atoms with Crippen LogP contribution >= 0.6 is 0 Å². The van der Waals surface area contributed by atoms with Crippen LogP contribution < -0.4 is 10.6 Å². The predicted molar refractivity (Wildman–Crippen MR) is 71.8 cm³/mol. The van der Waals surface area contributed by atoms with Gasteiger partial charge in [0.15, 0.2) is 0 Å². The molecule has 19 heavy (non-hydrogen) atoms. The van der Waals surface area contributed by atoms with Crippen molar-refractivity contribution < 1.29 is 13.9 Å². The summed E-state index contributed by atoms with van der Waals surface area (Å²) in [4.78, 5) is 11.6. The number of rotatable bonds is 6. The van der Waals surface area contributed by atoms with Gasteiger partial charge in [0.1, 0.15) is 11.5 Å². The lowest BCUT2D eigenvalue weighted by molar-refractivity contribution is -0.123. The van der Waals surface area contributed by atoms with Gasteiger partial charge >= 0.3 is 0 Å². The van der Waals surface area contributed by atoms with Gasteiger partial charge in [0, 0.05) is 6.42 Å². The Morgan fingerprint density at radius 2 is 2.26 bits per heavy atom. The molecule has 0 saturated carbocycles. The van der Waals surface area contributed by atoms with E-state index in [0.717, 1.165) is 37.5 Å². The summed E-state index contributed by atoms with van der Waals surface area (Å²) in [5, 5.41) is 6.11. The molecule has 2 N–H and O–H groups in total. The number of carbonyl (C=O) groups is 1. The van der Waals surface area contributed by atoms with Crippen molar-refractivity contribution in [3.63, 3.8) is 0 Å². The average molecular weight is 266 g/mol. The zero-order chi connectivity index (χ0) is 13.5. The molecule has 0 aromatic carbocycles. The fourth-order valence-electron chi connectivity index (χ4n) is 2.13. The highest BCUT2D eigenvalue weighted by molar-refractivity contribution is 5.75. The fraction of sp³-hybridized carbons (Fsp3) is 0.643. The minimum absolute atomic E-state index is 0.00277. The monoisotopic (exact) mass is 266 g/mol. The van der Waals surface area contributed by atoms with E-state index in [2.05, 4.69) is 10.6 Å². The number of carbonyl (C=O) groups excluding carboxylic acids is 1. The van der Waals surface area contributed by atoms with E-state index in [0.29, 0.717) is 25.7 Å². The Morgan fingerprint density at radius 3 is 2.95 bits per heavy atom. The Hall–Kier alpha value is -1.33. The van der Waals surface area contributed by atoms with Gasteiger partial charge in [0.2, 0.25) is 5.91 Å². The minimum atomic E-state index is 0.00277. The molecule has 2 heterocycles. The van der Waals surface area contributed by atoms with Crippen molar-refractivity contribution in [2.24, 2.45) is 0 Å². The van der Waals surface area contributed by atoms with E-state index in [9.17, 15) is 4.79 Å².